The van der Waals surface area contributed by atoms with Crippen molar-refractivity contribution >= 4 is 53.6 Å². The summed E-state index contributed by atoms with van der Waals surface area (Å²) in [5.41, 5.74) is -1.27. The van der Waals surface area contributed by atoms with Crippen LogP contribution in [0.2, 0.25) is 0 Å². The molecule has 1 atom stereocenters. The number of amides is 6. The number of carbonyl (C=O) groups is 7. The molecular weight excluding hydrogens is 658 g/mol. The first-order chi connectivity index (χ1) is 23.3. The van der Waals surface area contributed by atoms with Crippen molar-refractivity contribution in [2.24, 2.45) is 0 Å². The van der Waals surface area contributed by atoms with Gasteiger partial charge in [0.25, 0.3) is 5.91 Å². The van der Waals surface area contributed by atoms with Gasteiger partial charge in [0, 0.05) is 25.2 Å². The zero-order chi connectivity index (χ0) is 37.8. The highest BCUT2D eigenvalue weighted by atomic mass is 16.6. The number of carbonyl (C=O) groups excluding carboxylic acids is 7. The van der Waals surface area contributed by atoms with Gasteiger partial charge in [0.2, 0.25) is 17.8 Å². The number of ether oxygens (including phenoxy) is 4. The number of rotatable bonds is 10. The van der Waals surface area contributed by atoms with Crippen LogP contribution in [0, 0.1) is 5.41 Å². The first-order valence-corrected chi connectivity index (χ1v) is 15.7. The molecule has 1 aromatic carbocycles. The minimum absolute atomic E-state index is 0.0580. The molecule has 18 heteroatoms. The quantitative estimate of drug-likeness (QED) is 0.0905. The van der Waals surface area contributed by atoms with Crippen LogP contribution in [0.3, 0.4) is 0 Å². The summed E-state index contributed by atoms with van der Waals surface area (Å²) in [6.07, 6.45) is -2.16. The Labute approximate surface area is 290 Å². The SMILES string of the molecule is COC(=O)NC(=N)N(C(=O)OC)c1ccc(C(=O)NCC(=O)N2CCN(CC(=O)OC(C)(C)C)C(=O)C2CCCNC(=O)OC(C)(C)C)cc1. The van der Waals surface area contributed by atoms with Gasteiger partial charge in [-0.2, -0.15) is 0 Å². The van der Waals surface area contributed by atoms with Crippen molar-refractivity contribution in [1.29, 1.82) is 5.41 Å². The van der Waals surface area contributed by atoms with Crippen molar-refractivity contribution in [3.8, 4) is 0 Å². The van der Waals surface area contributed by atoms with Crippen LogP contribution in [-0.4, -0.2) is 122 Å². The van der Waals surface area contributed by atoms with Crippen molar-refractivity contribution in [1.82, 2.24) is 25.8 Å². The predicted octanol–water partition coefficient (Wildman–Crippen LogP) is 1.97. The number of esters is 1. The molecule has 50 heavy (non-hydrogen) atoms. The minimum atomic E-state index is -0.995. The van der Waals surface area contributed by atoms with Crippen LogP contribution in [0.15, 0.2) is 24.3 Å². The Morgan fingerprint density at radius 3 is 2.06 bits per heavy atom. The zero-order valence-corrected chi connectivity index (χ0v) is 29.7. The van der Waals surface area contributed by atoms with Gasteiger partial charge in [-0.15, -0.1) is 0 Å². The van der Waals surface area contributed by atoms with Crippen LogP contribution < -0.4 is 20.9 Å². The van der Waals surface area contributed by atoms with Crippen LogP contribution >= 0.6 is 0 Å². The predicted molar refractivity (Wildman–Crippen MR) is 178 cm³/mol. The maximum atomic E-state index is 13.5. The molecule has 1 unspecified atom stereocenters. The molecule has 0 aliphatic carbocycles. The third-order valence-corrected chi connectivity index (χ3v) is 6.74. The first kappa shape index (κ1) is 40.8. The molecule has 0 spiro atoms. The van der Waals surface area contributed by atoms with E-state index in [9.17, 15) is 33.6 Å². The number of nitrogens with zero attached hydrogens (tertiary/aromatic N) is 3. The topological polar surface area (TPSA) is 226 Å². The third kappa shape index (κ3) is 12.9. The zero-order valence-electron chi connectivity index (χ0n) is 29.7. The average molecular weight is 706 g/mol. The molecule has 1 aliphatic rings. The van der Waals surface area contributed by atoms with Crippen molar-refractivity contribution in [2.75, 3.05) is 51.8 Å². The average Bonchev–Trinajstić information content (AvgIpc) is 3.01. The first-order valence-electron chi connectivity index (χ1n) is 15.7. The van der Waals surface area contributed by atoms with Gasteiger partial charge < -0.3 is 39.4 Å². The monoisotopic (exact) mass is 705 g/mol. The molecule has 1 saturated heterocycles. The largest absolute Gasteiger partial charge is 0.459 e. The van der Waals surface area contributed by atoms with Gasteiger partial charge in [0.1, 0.15) is 23.8 Å². The lowest BCUT2D eigenvalue weighted by atomic mass is 10.0. The molecule has 1 fully saturated rings. The van der Waals surface area contributed by atoms with E-state index in [1.165, 1.54) is 34.1 Å². The van der Waals surface area contributed by atoms with Crippen LogP contribution in [0.25, 0.3) is 0 Å². The van der Waals surface area contributed by atoms with Gasteiger partial charge in [-0.05, 0) is 78.6 Å². The van der Waals surface area contributed by atoms with E-state index < -0.39 is 71.7 Å². The van der Waals surface area contributed by atoms with Crippen LogP contribution in [0.1, 0.15) is 64.7 Å². The molecule has 276 valence electrons. The summed E-state index contributed by atoms with van der Waals surface area (Å²) in [6.45, 7) is 9.83. The van der Waals surface area contributed by atoms with Crippen LogP contribution in [0.5, 0.6) is 0 Å². The van der Waals surface area contributed by atoms with E-state index in [4.69, 9.17) is 14.9 Å². The van der Waals surface area contributed by atoms with Gasteiger partial charge in [0.15, 0.2) is 0 Å². The van der Waals surface area contributed by atoms with E-state index in [0.717, 1.165) is 19.1 Å². The smallest absolute Gasteiger partial charge is 0.421 e. The van der Waals surface area contributed by atoms with E-state index in [-0.39, 0.29) is 43.9 Å². The van der Waals surface area contributed by atoms with Gasteiger partial charge in [-0.3, -0.25) is 29.9 Å². The maximum absolute atomic E-state index is 13.5. The van der Waals surface area contributed by atoms with Crippen LogP contribution in [-0.2, 0) is 33.3 Å². The Hall–Kier alpha value is -5.42. The summed E-state index contributed by atoms with van der Waals surface area (Å²) >= 11 is 0. The Bertz CT molecular complexity index is 1440. The summed E-state index contributed by atoms with van der Waals surface area (Å²) in [7, 11) is 2.17. The summed E-state index contributed by atoms with van der Waals surface area (Å²) in [4.78, 5) is 91.6. The molecule has 2 rings (SSSR count). The van der Waals surface area contributed by atoms with Gasteiger partial charge in [0.05, 0.1) is 26.5 Å². The number of alkyl carbamates (subject to hydrolysis) is 2. The number of guanidine groups is 1. The number of benzene rings is 1. The van der Waals surface area contributed by atoms with Crippen molar-refractivity contribution in [3.05, 3.63) is 29.8 Å². The van der Waals surface area contributed by atoms with Crippen molar-refractivity contribution in [2.45, 2.75) is 71.6 Å². The Balaban J connectivity index is 2.12. The molecule has 6 amide bonds. The van der Waals surface area contributed by atoms with Gasteiger partial charge in [-0.25, -0.2) is 19.3 Å². The van der Waals surface area contributed by atoms with E-state index in [1.54, 1.807) is 41.5 Å². The summed E-state index contributed by atoms with van der Waals surface area (Å²) in [6, 6.07) is 4.33. The fourth-order valence-corrected chi connectivity index (χ4v) is 4.65. The second kappa shape index (κ2) is 17.8. The number of hydrogen-bond acceptors (Lipinski definition) is 12. The van der Waals surface area contributed by atoms with E-state index >= 15 is 0 Å². The number of nitrogens with one attached hydrogen (secondary N) is 4. The Kier molecular flexibility index (Phi) is 14.5. The molecule has 0 saturated carbocycles. The molecule has 18 nitrogen and oxygen atoms in total. The highest BCUT2D eigenvalue weighted by Crippen LogP contribution is 2.19. The second-order valence-electron chi connectivity index (χ2n) is 13.0. The molecule has 4 N–H and O–H groups in total. The van der Waals surface area contributed by atoms with E-state index in [0.29, 0.717) is 6.42 Å². The highest BCUT2D eigenvalue weighted by Gasteiger charge is 2.38. The molecule has 0 aromatic heterocycles. The fourth-order valence-electron chi connectivity index (χ4n) is 4.65. The molecule has 0 bridgehead atoms. The fraction of sp³-hybridized carbons (Fsp3) is 0.562. The lowest BCUT2D eigenvalue weighted by Crippen LogP contribution is -2.61. The third-order valence-electron chi connectivity index (χ3n) is 6.74. The maximum Gasteiger partial charge on any atom is 0.421 e. The molecule has 1 heterocycles. The Morgan fingerprint density at radius 1 is 0.880 bits per heavy atom. The van der Waals surface area contributed by atoms with E-state index in [2.05, 4.69) is 25.4 Å². The second-order valence-corrected chi connectivity index (χ2v) is 13.0. The number of anilines is 1. The number of hydrogen-bond donors (Lipinski definition) is 4. The molecule has 1 aliphatic heterocycles. The lowest BCUT2D eigenvalue weighted by Gasteiger charge is -2.40. The summed E-state index contributed by atoms with van der Waals surface area (Å²) in [5, 5.41) is 15.2. The Morgan fingerprint density at radius 2 is 1.50 bits per heavy atom. The van der Waals surface area contributed by atoms with Crippen LogP contribution in [0.4, 0.5) is 20.1 Å². The minimum Gasteiger partial charge on any atom is -0.459 e. The molecule has 0 radical (unpaired) electrons. The van der Waals surface area contributed by atoms with Crippen molar-refractivity contribution in [3.63, 3.8) is 0 Å². The van der Waals surface area contributed by atoms with Gasteiger partial charge >= 0.3 is 24.2 Å². The summed E-state index contributed by atoms with van der Waals surface area (Å²) in [5.74, 6) is -2.94. The lowest BCUT2D eigenvalue weighted by molar-refractivity contribution is -0.163. The highest BCUT2D eigenvalue weighted by molar-refractivity contribution is 6.16. The van der Waals surface area contributed by atoms with Gasteiger partial charge in [-0.1, -0.05) is 0 Å². The number of methoxy groups -OCH3 is 2. The standard InChI is InChI=1S/C32H47N7O11/c1-31(2,3)49-24(41)19-37-16-17-38(22(26(37)43)10-9-15-34-28(44)50-32(4,5)6)23(40)18-35-25(42)20-11-13-21(14-12-20)39(30(46)48-8)27(33)36-29(45)47-7/h11-14,22H,9-10,15-19H2,1-8H3,(H,34,44)(H,35,42)(H2,33,36,45). The summed E-state index contributed by atoms with van der Waals surface area (Å²) < 4.78 is 19.7. The van der Waals surface area contributed by atoms with Crippen molar-refractivity contribution < 1.29 is 52.5 Å². The molecular formula is C32H47N7O11. The van der Waals surface area contributed by atoms with E-state index in [1.807, 2.05) is 0 Å². The molecule has 1 aromatic rings. The number of piperazine rings is 1. The normalized spacial score (nSPS) is 14.6.